The minimum atomic E-state index is -0.992. The molecule has 0 saturated carbocycles. The molecule has 1 aromatic carbocycles. The predicted molar refractivity (Wildman–Crippen MR) is 69.7 cm³/mol. The first-order chi connectivity index (χ1) is 8.54. The van der Waals surface area contributed by atoms with Crippen LogP contribution in [0.2, 0.25) is 0 Å². The van der Waals surface area contributed by atoms with E-state index in [1.807, 2.05) is 35.9 Å². The number of aryl methyl sites for hydroxylation is 2. The summed E-state index contributed by atoms with van der Waals surface area (Å²) in [6, 6.07) is 7.93. The molecule has 0 spiro atoms. The average Bonchev–Trinajstić information content (AvgIpc) is 2.66. The van der Waals surface area contributed by atoms with Crippen LogP contribution in [0.25, 0.3) is 11.3 Å². The van der Waals surface area contributed by atoms with Crippen LogP contribution in [-0.4, -0.2) is 20.6 Å². The number of aromatic nitrogens is 2. The molecule has 0 aliphatic heterocycles. The van der Waals surface area contributed by atoms with Gasteiger partial charge in [-0.3, -0.25) is 0 Å². The molecule has 2 rings (SSSR count). The fourth-order valence-corrected chi connectivity index (χ4v) is 1.99. The molecule has 0 aliphatic rings. The summed E-state index contributed by atoms with van der Waals surface area (Å²) in [5, 5.41) is 9.19. The Bertz CT molecular complexity index is 583. The molecule has 4 heteroatoms. The first-order valence-electron chi connectivity index (χ1n) is 5.90. The second kappa shape index (κ2) is 4.64. The average molecular weight is 244 g/mol. The van der Waals surface area contributed by atoms with Crippen LogP contribution < -0.4 is 0 Å². The molecule has 0 atom stereocenters. The number of nitrogens with zero attached hydrogens (tertiary/aromatic N) is 2. The van der Waals surface area contributed by atoms with Gasteiger partial charge in [0.25, 0.3) is 0 Å². The van der Waals surface area contributed by atoms with Gasteiger partial charge in [-0.05, 0) is 18.9 Å². The first-order valence-corrected chi connectivity index (χ1v) is 5.90. The fraction of sp³-hybridized carbons (Fsp3) is 0.286. The van der Waals surface area contributed by atoms with Gasteiger partial charge in [0.1, 0.15) is 5.82 Å². The van der Waals surface area contributed by atoms with Crippen molar-refractivity contribution in [1.29, 1.82) is 0 Å². The van der Waals surface area contributed by atoms with Crippen molar-refractivity contribution in [3.8, 4) is 11.3 Å². The van der Waals surface area contributed by atoms with Crippen molar-refractivity contribution >= 4 is 5.97 Å². The number of carboxylic acid groups (broad SMARTS) is 1. The molecule has 0 bridgehead atoms. The van der Waals surface area contributed by atoms with Crippen LogP contribution in [0.5, 0.6) is 0 Å². The largest absolute Gasteiger partial charge is 0.476 e. The molecule has 1 N–H and O–H groups in total. The van der Waals surface area contributed by atoms with E-state index in [4.69, 9.17) is 0 Å². The van der Waals surface area contributed by atoms with Crippen LogP contribution in [-0.2, 0) is 13.5 Å². The lowest BCUT2D eigenvalue weighted by atomic mass is 10.1. The molecule has 0 aliphatic carbocycles. The van der Waals surface area contributed by atoms with E-state index in [1.165, 1.54) is 5.56 Å². The minimum Gasteiger partial charge on any atom is -0.476 e. The minimum absolute atomic E-state index is 0.110. The third-order valence-electron chi connectivity index (χ3n) is 3.16. The Hall–Kier alpha value is -2.10. The molecule has 94 valence electrons. The zero-order valence-electron chi connectivity index (χ0n) is 10.8. The van der Waals surface area contributed by atoms with Gasteiger partial charge in [0.15, 0.2) is 5.69 Å². The first kappa shape index (κ1) is 12.4. The highest BCUT2D eigenvalue weighted by Crippen LogP contribution is 2.24. The fourth-order valence-electron chi connectivity index (χ4n) is 1.99. The zero-order valence-corrected chi connectivity index (χ0v) is 10.8. The smallest absolute Gasteiger partial charge is 0.356 e. The third kappa shape index (κ3) is 2.01. The van der Waals surface area contributed by atoms with Crippen molar-refractivity contribution < 1.29 is 9.90 Å². The number of imidazole rings is 1. The topological polar surface area (TPSA) is 55.1 Å². The Morgan fingerprint density at radius 1 is 1.33 bits per heavy atom. The summed E-state index contributed by atoms with van der Waals surface area (Å²) in [6.07, 6.45) is 0.969. The van der Waals surface area contributed by atoms with Crippen molar-refractivity contribution in [2.75, 3.05) is 0 Å². The Morgan fingerprint density at radius 2 is 1.94 bits per heavy atom. The molecule has 2 aromatic rings. The van der Waals surface area contributed by atoms with E-state index in [1.54, 1.807) is 6.92 Å². The van der Waals surface area contributed by atoms with Gasteiger partial charge in [-0.1, -0.05) is 31.2 Å². The lowest BCUT2D eigenvalue weighted by molar-refractivity contribution is 0.0692. The van der Waals surface area contributed by atoms with E-state index < -0.39 is 5.97 Å². The maximum Gasteiger partial charge on any atom is 0.356 e. The van der Waals surface area contributed by atoms with Crippen LogP contribution >= 0.6 is 0 Å². The van der Waals surface area contributed by atoms with Crippen LogP contribution in [0.1, 0.15) is 28.8 Å². The SMILES string of the molecule is CCc1ccc(-c2c(C(=O)O)nc(C)n2C)cc1. The monoisotopic (exact) mass is 244 g/mol. The second-order valence-corrected chi connectivity index (χ2v) is 4.27. The third-order valence-corrected chi connectivity index (χ3v) is 3.16. The van der Waals surface area contributed by atoms with Gasteiger partial charge < -0.3 is 9.67 Å². The van der Waals surface area contributed by atoms with Gasteiger partial charge in [0.2, 0.25) is 0 Å². The Morgan fingerprint density at radius 3 is 2.44 bits per heavy atom. The molecule has 4 nitrogen and oxygen atoms in total. The predicted octanol–water partition coefficient (Wildman–Crippen LogP) is 2.66. The summed E-state index contributed by atoms with van der Waals surface area (Å²) in [6.45, 7) is 3.89. The molecular formula is C14H16N2O2. The number of rotatable bonds is 3. The summed E-state index contributed by atoms with van der Waals surface area (Å²) in [4.78, 5) is 15.3. The molecular weight excluding hydrogens is 228 g/mol. The van der Waals surface area contributed by atoms with E-state index in [2.05, 4.69) is 11.9 Å². The van der Waals surface area contributed by atoms with E-state index in [9.17, 15) is 9.90 Å². The Kier molecular flexibility index (Phi) is 3.19. The van der Waals surface area contributed by atoms with Crippen molar-refractivity contribution in [2.45, 2.75) is 20.3 Å². The van der Waals surface area contributed by atoms with Gasteiger partial charge >= 0.3 is 5.97 Å². The summed E-state index contributed by atoms with van der Waals surface area (Å²) in [5.41, 5.74) is 2.88. The molecule has 1 heterocycles. The maximum absolute atomic E-state index is 11.2. The normalized spacial score (nSPS) is 10.6. The molecule has 0 radical (unpaired) electrons. The highest BCUT2D eigenvalue weighted by atomic mass is 16.4. The number of carboxylic acids is 1. The highest BCUT2D eigenvalue weighted by Gasteiger charge is 2.19. The van der Waals surface area contributed by atoms with Gasteiger partial charge in [-0.25, -0.2) is 9.78 Å². The summed E-state index contributed by atoms with van der Waals surface area (Å²) >= 11 is 0. The van der Waals surface area contributed by atoms with Gasteiger partial charge in [-0.2, -0.15) is 0 Å². The van der Waals surface area contributed by atoms with Gasteiger partial charge in [-0.15, -0.1) is 0 Å². The van der Waals surface area contributed by atoms with E-state index >= 15 is 0 Å². The molecule has 0 amide bonds. The molecule has 0 saturated heterocycles. The number of hydrogen-bond acceptors (Lipinski definition) is 2. The van der Waals surface area contributed by atoms with Crippen LogP contribution in [0.4, 0.5) is 0 Å². The molecule has 0 unspecified atom stereocenters. The molecule has 18 heavy (non-hydrogen) atoms. The molecule has 0 fully saturated rings. The number of benzene rings is 1. The van der Waals surface area contributed by atoms with Gasteiger partial charge in [0.05, 0.1) is 5.69 Å². The van der Waals surface area contributed by atoms with Crippen LogP contribution in [0, 0.1) is 6.92 Å². The lowest BCUT2D eigenvalue weighted by Gasteiger charge is -2.06. The van der Waals surface area contributed by atoms with Crippen molar-refractivity contribution in [2.24, 2.45) is 7.05 Å². The van der Waals surface area contributed by atoms with E-state index in [0.717, 1.165) is 12.0 Å². The number of carbonyl (C=O) groups is 1. The second-order valence-electron chi connectivity index (χ2n) is 4.27. The van der Waals surface area contributed by atoms with E-state index in [-0.39, 0.29) is 5.69 Å². The quantitative estimate of drug-likeness (QED) is 0.903. The van der Waals surface area contributed by atoms with Gasteiger partial charge in [0, 0.05) is 12.6 Å². The number of aromatic carboxylic acids is 1. The standard InChI is InChI=1S/C14H16N2O2/c1-4-10-5-7-11(8-6-10)13-12(14(17)18)15-9(2)16(13)3/h5-8H,4H2,1-3H3,(H,17,18). The van der Waals surface area contributed by atoms with Crippen molar-refractivity contribution in [1.82, 2.24) is 9.55 Å². The van der Waals surface area contributed by atoms with Crippen LogP contribution in [0.3, 0.4) is 0 Å². The zero-order chi connectivity index (χ0) is 13.3. The Balaban J connectivity index is 2.58. The van der Waals surface area contributed by atoms with Crippen molar-refractivity contribution in [3.05, 3.63) is 41.3 Å². The maximum atomic E-state index is 11.2. The lowest BCUT2D eigenvalue weighted by Crippen LogP contribution is -2.01. The summed E-state index contributed by atoms with van der Waals surface area (Å²) in [5.74, 6) is -0.296. The van der Waals surface area contributed by atoms with Crippen LogP contribution in [0.15, 0.2) is 24.3 Å². The van der Waals surface area contributed by atoms with Crippen molar-refractivity contribution in [3.63, 3.8) is 0 Å². The molecule has 1 aromatic heterocycles. The summed E-state index contributed by atoms with van der Waals surface area (Å²) < 4.78 is 1.81. The van der Waals surface area contributed by atoms with E-state index in [0.29, 0.717) is 11.5 Å². The Labute approximate surface area is 106 Å². The summed E-state index contributed by atoms with van der Waals surface area (Å²) in [7, 11) is 1.83. The number of hydrogen-bond donors (Lipinski definition) is 1. The highest BCUT2D eigenvalue weighted by molar-refractivity contribution is 5.93.